The summed E-state index contributed by atoms with van der Waals surface area (Å²) in [6.07, 6.45) is 5.85. The lowest BCUT2D eigenvalue weighted by Crippen LogP contribution is -2.44. The van der Waals surface area contributed by atoms with Gasteiger partial charge in [-0.05, 0) is 55.7 Å². The van der Waals surface area contributed by atoms with Crippen LogP contribution in [-0.4, -0.2) is 35.3 Å². The van der Waals surface area contributed by atoms with Gasteiger partial charge in [0.2, 0.25) is 5.91 Å². The molecule has 1 amide bonds. The van der Waals surface area contributed by atoms with E-state index in [-0.39, 0.29) is 6.04 Å². The topological polar surface area (TPSA) is 23.6 Å². The van der Waals surface area contributed by atoms with E-state index < -0.39 is 0 Å². The number of likely N-dealkylation sites (tertiary alicyclic amines) is 2. The Kier molecular flexibility index (Phi) is 5.18. The summed E-state index contributed by atoms with van der Waals surface area (Å²) in [5.41, 5.74) is 1.14. The Labute approximate surface area is 154 Å². The lowest BCUT2D eigenvalue weighted by molar-refractivity contribution is -0.138. The summed E-state index contributed by atoms with van der Waals surface area (Å²) in [5, 5.41) is 2.15. The average Bonchev–Trinajstić information content (AvgIpc) is 3.35. The molecule has 1 aromatic heterocycles. The van der Waals surface area contributed by atoms with E-state index in [1.807, 2.05) is 17.4 Å². The van der Waals surface area contributed by atoms with Crippen LogP contribution >= 0.6 is 11.3 Å². The van der Waals surface area contributed by atoms with Gasteiger partial charge in [-0.25, -0.2) is 0 Å². The molecule has 2 fully saturated rings. The molecular formula is C21H26N2OS. The monoisotopic (exact) mass is 354 g/mol. The van der Waals surface area contributed by atoms with Crippen molar-refractivity contribution in [3.8, 4) is 0 Å². The van der Waals surface area contributed by atoms with Gasteiger partial charge in [0.05, 0.1) is 0 Å². The van der Waals surface area contributed by atoms with Crippen LogP contribution in [0.4, 0.5) is 0 Å². The first-order chi connectivity index (χ1) is 12.3. The second-order valence-electron chi connectivity index (χ2n) is 7.11. The van der Waals surface area contributed by atoms with Gasteiger partial charge in [0.15, 0.2) is 0 Å². The Morgan fingerprint density at radius 3 is 2.48 bits per heavy atom. The van der Waals surface area contributed by atoms with Crippen molar-refractivity contribution in [3.63, 3.8) is 0 Å². The molecule has 4 heteroatoms. The molecule has 3 nitrogen and oxygen atoms in total. The maximum Gasteiger partial charge on any atom is 0.244 e. The number of piperidine rings is 1. The largest absolute Gasteiger partial charge is 0.341 e. The number of carbonyl (C=O) groups excluding carboxylic acids is 1. The first-order valence-corrected chi connectivity index (χ1v) is 10.4. The smallest absolute Gasteiger partial charge is 0.244 e. The Balaban J connectivity index is 1.66. The van der Waals surface area contributed by atoms with Gasteiger partial charge < -0.3 is 4.90 Å². The minimum absolute atomic E-state index is 0.145. The van der Waals surface area contributed by atoms with Crippen LogP contribution in [0.2, 0.25) is 0 Å². The summed E-state index contributed by atoms with van der Waals surface area (Å²) in [4.78, 5) is 19.4. The highest BCUT2D eigenvalue weighted by Crippen LogP contribution is 2.41. The van der Waals surface area contributed by atoms with E-state index in [1.165, 1.54) is 17.7 Å². The van der Waals surface area contributed by atoms with E-state index >= 15 is 0 Å². The van der Waals surface area contributed by atoms with Crippen LogP contribution < -0.4 is 0 Å². The van der Waals surface area contributed by atoms with Crippen molar-refractivity contribution in [3.05, 3.63) is 58.3 Å². The molecule has 0 radical (unpaired) electrons. The van der Waals surface area contributed by atoms with Gasteiger partial charge in [-0.2, -0.15) is 0 Å². The van der Waals surface area contributed by atoms with Gasteiger partial charge in [-0.3, -0.25) is 9.69 Å². The van der Waals surface area contributed by atoms with Gasteiger partial charge in [-0.15, -0.1) is 11.3 Å². The van der Waals surface area contributed by atoms with Gasteiger partial charge in [0.1, 0.15) is 6.04 Å². The third-order valence-electron chi connectivity index (χ3n) is 5.51. The van der Waals surface area contributed by atoms with E-state index in [2.05, 4.69) is 51.6 Å². The summed E-state index contributed by atoms with van der Waals surface area (Å²) < 4.78 is 0. The highest BCUT2D eigenvalue weighted by Gasteiger charge is 2.38. The van der Waals surface area contributed by atoms with Gasteiger partial charge >= 0.3 is 0 Å². The molecule has 2 aliphatic heterocycles. The zero-order chi connectivity index (χ0) is 17.1. The van der Waals surface area contributed by atoms with Crippen LogP contribution in [0.25, 0.3) is 0 Å². The van der Waals surface area contributed by atoms with E-state index in [9.17, 15) is 4.79 Å². The zero-order valence-electron chi connectivity index (χ0n) is 14.6. The fourth-order valence-corrected chi connectivity index (χ4v) is 5.16. The van der Waals surface area contributed by atoms with Crippen LogP contribution in [0.5, 0.6) is 0 Å². The van der Waals surface area contributed by atoms with Crippen LogP contribution in [0, 0.1) is 0 Å². The molecule has 2 aromatic rings. The van der Waals surface area contributed by atoms with Crippen molar-refractivity contribution in [1.82, 2.24) is 9.80 Å². The number of benzene rings is 1. The number of carbonyl (C=O) groups is 1. The highest BCUT2D eigenvalue weighted by atomic mass is 32.1. The minimum atomic E-state index is -0.145. The Morgan fingerprint density at radius 1 is 0.960 bits per heavy atom. The molecule has 0 saturated carbocycles. The summed E-state index contributed by atoms with van der Waals surface area (Å²) >= 11 is 1.82. The fraction of sp³-hybridized carbons (Fsp3) is 0.476. The Bertz CT molecular complexity index is 679. The number of nitrogens with zero attached hydrogens (tertiary/aromatic N) is 2. The predicted octanol–water partition coefficient (Wildman–Crippen LogP) is 4.64. The average molecular weight is 355 g/mol. The van der Waals surface area contributed by atoms with Crippen molar-refractivity contribution < 1.29 is 4.79 Å². The van der Waals surface area contributed by atoms with Crippen molar-refractivity contribution in [2.45, 2.75) is 44.2 Å². The SMILES string of the molecule is O=C([C@H](c1ccccc1)N1CCC[C@@H]1c1cccs1)N1CCCCC1. The van der Waals surface area contributed by atoms with Crippen molar-refractivity contribution in [2.75, 3.05) is 19.6 Å². The van der Waals surface area contributed by atoms with Gasteiger partial charge in [-0.1, -0.05) is 36.4 Å². The summed E-state index contributed by atoms with van der Waals surface area (Å²) in [5.74, 6) is 0.300. The van der Waals surface area contributed by atoms with E-state index in [0.717, 1.165) is 44.5 Å². The Hall–Kier alpha value is -1.65. The summed E-state index contributed by atoms with van der Waals surface area (Å²) in [6, 6.07) is 15.0. The number of amides is 1. The van der Waals surface area contributed by atoms with Crippen LogP contribution in [-0.2, 0) is 4.79 Å². The number of hydrogen-bond acceptors (Lipinski definition) is 3. The van der Waals surface area contributed by atoms with Gasteiger partial charge in [0.25, 0.3) is 0 Å². The molecule has 0 bridgehead atoms. The molecule has 2 saturated heterocycles. The van der Waals surface area contributed by atoms with Crippen LogP contribution in [0.15, 0.2) is 47.8 Å². The van der Waals surface area contributed by atoms with Crippen LogP contribution in [0.3, 0.4) is 0 Å². The maximum atomic E-state index is 13.5. The summed E-state index contributed by atoms with van der Waals surface area (Å²) in [6.45, 7) is 2.83. The first-order valence-electron chi connectivity index (χ1n) is 9.47. The fourth-order valence-electron chi connectivity index (χ4n) is 4.28. The molecule has 132 valence electrons. The molecule has 0 aliphatic carbocycles. The molecule has 3 heterocycles. The standard InChI is InChI=1S/C21H26N2OS/c24-21(22-13-5-2-6-14-22)20(17-9-3-1-4-10-17)23-15-7-11-18(23)19-12-8-16-25-19/h1,3-4,8-10,12,16,18,20H,2,5-7,11,13-15H2/t18-,20+/m1/s1. The van der Waals surface area contributed by atoms with Crippen molar-refractivity contribution >= 4 is 17.2 Å². The van der Waals surface area contributed by atoms with Gasteiger partial charge in [0, 0.05) is 24.0 Å². The second kappa shape index (κ2) is 7.71. The molecule has 25 heavy (non-hydrogen) atoms. The number of thiophene rings is 1. The lowest BCUT2D eigenvalue weighted by Gasteiger charge is -2.37. The molecule has 2 atom stereocenters. The molecular weight excluding hydrogens is 328 g/mol. The van der Waals surface area contributed by atoms with E-state index in [1.54, 1.807) is 0 Å². The van der Waals surface area contributed by atoms with Crippen molar-refractivity contribution in [1.29, 1.82) is 0 Å². The Morgan fingerprint density at radius 2 is 1.76 bits per heavy atom. The second-order valence-corrected chi connectivity index (χ2v) is 8.09. The number of hydrogen-bond donors (Lipinski definition) is 0. The zero-order valence-corrected chi connectivity index (χ0v) is 15.5. The minimum Gasteiger partial charge on any atom is -0.341 e. The normalized spacial score (nSPS) is 22.9. The van der Waals surface area contributed by atoms with E-state index in [0.29, 0.717) is 11.9 Å². The van der Waals surface area contributed by atoms with Crippen LogP contribution in [0.1, 0.15) is 54.6 Å². The maximum absolute atomic E-state index is 13.5. The molecule has 0 spiro atoms. The van der Waals surface area contributed by atoms with Crippen molar-refractivity contribution in [2.24, 2.45) is 0 Å². The highest BCUT2D eigenvalue weighted by molar-refractivity contribution is 7.10. The number of rotatable bonds is 4. The quantitative estimate of drug-likeness (QED) is 0.798. The molecule has 4 rings (SSSR count). The molecule has 1 aromatic carbocycles. The lowest BCUT2D eigenvalue weighted by atomic mass is 10.0. The summed E-state index contributed by atoms with van der Waals surface area (Å²) in [7, 11) is 0. The molecule has 0 N–H and O–H groups in total. The third-order valence-corrected chi connectivity index (χ3v) is 6.49. The first kappa shape index (κ1) is 16.8. The third kappa shape index (κ3) is 3.51. The predicted molar refractivity (Wildman–Crippen MR) is 103 cm³/mol. The molecule has 0 unspecified atom stereocenters. The molecule has 2 aliphatic rings. The van der Waals surface area contributed by atoms with E-state index in [4.69, 9.17) is 0 Å².